The maximum atomic E-state index is 12.9. The van der Waals surface area contributed by atoms with E-state index in [1.54, 1.807) is 0 Å². The molecule has 4 N–H and O–H groups in total. The summed E-state index contributed by atoms with van der Waals surface area (Å²) in [4.78, 5) is 15.2. The van der Waals surface area contributed by atoms with E-state index < -0.39 is 5.41 Å². The molecule has 126 valence electrons. The first-order chi connectivity index (χ1) is 11.7. The Morgan fingerprint density at radius 2 is 1.58 bits per heavy atom. The Hall–Kier alpha value is -2.17. The summed E-state index contributed by atoms with van der Waals surface area (Å²) >= 11 is 0. The molecule has 2 aromatic carbocycles. The van der Waals surface area contributed by atoms with Crippen LogP contribution in [-0.2, 0) is 10.2 Å². The first kappa shape index (κ1) is 16.7. The lowest BCUT2D eigenvalue weighted by atomic mass is 9.64. The first-order valence-electron chi connectivity index (χ1n) is 8.53. The SMILES string of the molecule is NCCN1CCC(C(C(N)=O)(c2ccccc2)c2ccccc2)C1. The summed E-state index contributed by atoms with van der Waals surface area (Å²) < 4.78 is 0. The molecule has 0 aliphatic carbocycles. The van der Waals surface area contributed by atoms with Crippen LogP contribution in [0.5, 0.6) is 0 Å². The van der Waals surface area contributed by atoms with Gasteiger partial charge in [-0.15, -0.1) is 0 Å². The van der Waals surface area contributed by atoms with Crippen LogP contribution in [0.3, 0.4) is 0 Å². The molecule has 0 aromatic heterocycles. The van der Waals surface area contributed by atoms with Gasteiger partial charge in [-0.3, -0.25) is 4.79 Å². The van der Waals surface area contributed by atoms with Crippen molar-refractivity contribution in [3.05, 3.63) is 71.8 Å². The number of rotatable bonds is 6. The van der Waals surface area contributed by atoms with Crippen molar-refractivity contribution in [2.24, 2.45) is 17.4 Å². The number of nitrogens with zero attached hydrogens (tertiary/aromatic N) is 1. The third-order valence-electron chi connectivity index (χ3n) is 5.18. The minimum atomic E-state index is -0.800. The maximum Gasteiger partial charge on any atom is 0.232 e. The Labute approximate surface area is 143 Å². The summed E-state index contributed by atoms with van der Waals surface area (Å²) in [5, 5.41) is 0. The van der Waals surface area contributed by atoms with Crippen LogP contribution in [0.15, 0.2) is 60.7 Å². The minimum absolute atomic E-state index is 0.145. The summed E-state index contributed by atoms with van der Waals surface area (Å²) in [5.41, 5.74) is 12.9. The topological polar surface area (TPSA) is 72.3 Å². The summed E-state index contributed by atoms with van der Waals surface area (Å²) in [6, 6.07) is 19.9. The van der Waals surface area contributed by atoms with Crippen molar-refractivity contribution in [1.82, 2.24) is 4.90 Å². The van der Waals surface area contributed by atoms with Gasteiger partial charge in [0.25, 0.3) is 0 Å². The van der Waals surface area contributed by atoms with E-state index in [2.05, 4.69) is 4.90 Å². The molecule has 1 fully saturated rings. The largest absolute Gasteiger partial charge is 0.369 e. The van der Waals surface area contributed by atoms with Crippen LogP contribution in [0.4, 0.5) is 0 Å². The second-order valence-electron chi connectivity index (χ2n) is 6.48. The van der Waals surface area contributed by atoms with E-state index >= 15 is 0 Å². The molecule has 1 heterocycles. The highest BCUT2D eigenvalue weighted by atomic mass is 16.1. The monoisotopic (exact) mass is 323 g/mol. The van der Waals surface area contributed by atoms with Gasteiger partial charge >= 0.3 is 0 Å². The number of likely N-dealkylation sites (tertiary alicyclic amines) is 1. The van der Waals surface area contributed by atoms with Crippen LogP contribution >= 0.6 is 0 Å². The van der Waals surface area contributed by atoms with E-state index in [0.717, 1.165) is 37.2 Å². The van der Waals surface area contributed by atoms with E-state index in [1.807, 2.05) is 60.7 Å². The standard InChI is InChI=1S/C20H25N3O/c21-12-14-23-13-11-18(15-23)20(19(22)24,16-7-3-1-4-8-16)17-9-5-2-6-10-17/h1-10,18H,11-15,21H2,(H2,22,24). The van der Waals surface area contributed by atoms with Gasteiger partial charge in [0.2, 0.25) is 5.91 Å². The fourth-order valence-electron chi connectivity index (χ4n) is 4.10. The van der Waals surface area contributed by atoms with Gasteiger partial charge in [-0.25, -0.2) is 0 Å². The van der Waals surface area contributed by atoms with Crippen LogP contribution in [0.1, 0.15) is 17.5 Å². The molecule has 0 saturated carbocycles. The Kier molecular flexibility index (Phi) is 4.97. The Bertz CT molecular complexity index is 632. The number of hydrogen-bond acceptors (Lipinski definition) is 3. The van der Waals surface area contributed by atoms with Crippen molar-refractivity contribution in [3.63, 3.8) is 0 Å². The fourth-order valence-corrected chi connectivity index (χ4v) is 4.10. The molecule has 0 bridgehead atoms. The number of nitrogens with two attached hydrogens (primary N) is 2. The third-order valence-corrected chi connectivity index (χ3v) is 5.18. The predicted octanol–water partition coefficient (Wildman–Crippen LogP) is 1.74. The van der Waals surface area contributed by atoms with E-state index in [4.69, 9.17) is 11.5 Å². The Morgan fingerprint density at radius 3 is 2.04 bits per heavy atom. The summed E-state index contributed by atoms with van der Waals surface area (Å²) in [7, 11) is 0. The van der Waals surface area contributed by atoms with E-state index in [0.29, 0.717) is 6.54 Å². The van der Waals surface area contributed by atoms with Crippen molar-refractivity contribution in [1.29, 1.82) is 0 Å². The van der Waals surface area contributed by atoms with E-state index in [9.17, 15) is 4.79 Å². The van der Waals surface area contributed by atoms with Gasteiger partial charge in [-0.05, 0) is 30.0 Å². The fraction of sp³-hybridized carbons (Fsp3) is 0.350. The van der Waals surface area contributed by atoms with Gasteiger partial charge < -0.3 is 16.4 Å². The molecule has 1 unspecified atom stereocenters. The highest BCUT2D eigenvalue weighted by molar-refractivity contribution is 5.91. The van der Waals surface area contributed by atoms with Crippen molar-refractivity contribution in [2.75, 3.05) is 26.2 Å². The lowest BCUT2D eigenvalue weighted by Crippen LogP contribution is -2.49. The van der Waals surface area contributed by atoms with Gasteiger partial charge in [-0.2, -0.15) is 0 Å². The smallest absolute Gasteiger partial charge is 0.232 e. The van der Waals surface area contributed by atoms with Crippen LogP contribution in [0, 0.1) is 5.92 Å². The normalized spacial score (nSPS) is 18.6. The Balaban J connectivity index is 2.12. The highest BCUT2D eigenvalue weighted by Gasteiger charge is 2.49. The molecule has 24 heavy (non-hydrogen) atoms. The minimum Gasteiger partial charge on any atom is -0.369 e. The van der Waals surface area contributed by atoms with Gasteiger partial charge in [0.15, 0.2) is 0 Å². The molecule has 1 amide bonds. The number of benzene rings is 2. The third kappa shape index (κ3) is 2.83. The summed E-state index contributed by atoms with van der Waals surface area (Å²) in [6.45, 7) is 3.28. The van der Waals surface area contributed by atoms with Crippen molar-refractivity contribution < 1.29 is 4.79 Å². The Morgan fingerprint density at radius 1 is 1.04 bits per heavy atom. The van der Waals surface area contributed by atoms with Crippen LogP contribution in [0.2, 0.25) is 0 Å². The molecular formula is C20H25N3O. The van der Waals surface area contributed by atoms with Crippen molar-refractivity contribution >= 4 is 5.91 Å². The number of amides is 1. The van der Waals surface area contributed by atoms with Crippen LogP contribution in [0.25, 0.3) is 0 Å². The summed E-state index contributed by atoms with van der Waals surface area (Å²) in [5.74, 6) is -0.133. The number of carbonyl (C=O) groups is 1. The average Bonchev–Trinajstić information content (AvgIpc) is 3.06. The quantitative estimate of drug-likeness (QED) is 0.850. The maximum absolute atomic E-state index is 12.9. The molecule has 1 aliphatic heterocycles. The molecule has 1 atom stereocenters. The van der Waals surface area contributed by atoms with Gasteiger partial charge in [0, 0.05) is 19.6 Å². The van der Waals surface area contributed by atoms with Gasteiger partial charge in [0.1, 0.15) is 5.41 Å². The highest BCUT2D eigenvalue weighted by Crippen LogP contribution is 2.43. The van der Waals surface area contributed by atoms with Gasteiger partial charge in [0.05, 0.1) is 0 Å². The number of primary amides is 1. The molecule has 0 radical (unpaired) electrons. The number of hydrogen-bond donors (Lipinski definition) is 2. The second-order valence-corrected chi connectivity index (χ2v) is 6.48. The zero-order valence-corrected chi connectivity index (χ0v) is 13.9. The molecule has 4 nitrogen and oxygen atoms in total. The molecule has 4 heteroatoms. The van der Waals surface area contributed by atoms with Crippen molar-refractivity contribution in [2.45, 2.75) is 11.8 Å². The molecule has 0 spiro atoms. The lowest BCUT2D eigenvalue weighted by Gasteiger charge is -2.37. The zero-order chi connectivity index (χ0) is 17.0. The van der Waals surface area contributed by atoms with E-state index in [1.165, 1.54) is 0 Å². The van der Waals surface area contributed by atoms with Crippen LogP contribution < -0.4 is 11.5 Å². The molecular weight excluding hydrogens is 298 g/mol. The molecule has 2 aromatic rings. The predicted molar refractivity (Wildman–Crippen MR) is 96.5 cm³/mol. The molecule has 1 aliphatic rings. The second kappa shape index (κ2) is 7.16. The zero-order valence-electron chi connectivity index (χ0n) is 13.9. The van der Waals surface area contributed by atoms with E-state index in [-0.39, 0.29) is 11.8 Å². The van der Waals surface area contributed by atoms with Gasteiger partial charge in [-0.1, -0.05) is 60.7 Å². The summed E-state index contributed by atoms with van der Waals surface area (Å²) in [6.07, 6.45) is 0.937. The lowest BCUT2D eigenvalue weighted by molar-refractivity contribution is -0.123. The van der Waals surface area contributed by atoms with Crippen molar-refractivity contribution in [3.8, 4) is 0 Å². The average molecular weight is 323 g/mol. The van der Waals surface area contributed by atoms with Crippen LogP contribution in [-0.4, -0.2) is 37.0 Å². The number of carbonyl (C=O) groups excluding carboxylic acids is 1. The molecule has 3 rings (SSSR count). The first-order valence-corrected chi connectivity index (χ1v) is 8.53. The molecule has 1 saturated heterocycles.